The summed E-state index contributed by atoms with van der Waals surface area (Å²) >= 11 is 0. The van der Waals surface area contributed by atoms with E-state index in [-0.39, 0.29) is 5.56 Å². The van der Waals surface area contributed by atoms with Crippen LogP contribution < -0.4 is 5.32 Å². The predicted molar refractivity (Wildman–Crippen MR) is 84.0 cm³/mol. The molecular weight excluding hydrogens is 279 g/mol. The molecule has 3 aromatic rings. The van der Waals surface area contributed by atoms with E-state index in [2.05, 4.69) is 10.3 Å². The molecule has 4 heteroatoms. The summed E-state index contributed by atoms with van der Waals surface area (Å²) in [6.07, 6.45) is 1.56. The fourth-order valence-electron chi connectivity index (χ4n) is 2.09. The second-order valence-corrected chi connectivity index (χ2v) is 4.73. The van der Waals surface area contributed by atoms with Gasteiger partial charge >= 0.3 is 0 Å². The van der Waals surface area contributed by atoms with Gasteiger partial charge in [-0.1, -0.05) is 42.5 Å². The lowest BCUT2D eigenvalue weighted by atomic mass is 10.1. The van der Waals surface area contributed by atoms with Crippen LogP contribution in [0.2, 0.25) is 0 Å². The Labute approximate surface area is 127 Å². The number of hydrogen-bond donors (Lipinski definition) is 1. The molecule has 0 saturated heterocycles. The maximum atomic E-state index is 13.6. The van der Waals surface area contributed by atoms with Crippen molar-refractivity contribution in [3.63, 3.8) is 0 Å². The van der Waals surface area contributed by atoms with E-state index < -0.39 is 11.7 Å². The summed E-state index contributed by atoms with van der Waals surface area (Å²) in [5.41, 5.74) is 2.33. The van der Waals surface area contributed by atoms with E-state index in [9.17, 15) is 9.18 Å². The molecule has 0 fully saturated rings. The summed E-state index contributed by atoms with van der Waals surface area (Å²) in [4.78, 5) is 16.3. The Morgan fingerprint density at radius 2 is 1.64 bits per heavy atom. The number of carbonyl (C=O) groups is 1. The molecule has 0 aliphatic rings. The van der Waals surface area contributed by atoms with Crippen molar-refractivity contribution >= 4 is 11.6 Å². The molecule has 0 aliphatic heterocycles. The highest BCUT2D eigenvalue weighted by atomic mass is 19.1. The molecule has 108 valence electrons. The van der Waals surface area contributed by atoms with Gasteiger partial charge in [0.2, 0.25) is 0 Å². The molecule has 0 spiro atoms. The molecule has 1 amide bonds. The topological polar surface area (TPSA) is 42.0 Å². The minimum Gasteiger partial charge on any atom is -0.320 e. The molecule has 1 aromatic heterocycles. The fraction of sp³-hybridized carbons (Fsp3) is 0. The number of benzene rings is 2. The van der Waals surface area contributed by atoms with E-state index in [1.165, 1.54) is 12.1 Å². The average molecular weight is 292 g/mol. The van der Waals surface area contributed by atoms with Gasteiger partial charge in [-0.15, -0.1) is 0 Å². The minimum atomic E-state index is -0.547. The van der Waals surface area contributed by atoms with Crippen LogP contribution in [-0.4, -0.2) is 10.9 Å². The number of pyridine rings is 1. The van der Waals surface area contributed by atoms with Crippen LogP contribution in [0.25, 0.3) is 11.3 Å². The lowest BCUT2D eigenvalue weighted by Gasteiger charge is -2.07. The predicted octanol–water partition coefficient (Wildman–Crippen LogP) is 4.14. The molecule has 0 unspecified atom stereocenters. The van der Waals surface area contributed by atoms with Crippen LogP contribution in [-0.2, 0) is 0 Å². The van der Waals surface area contributed by atoms with Gasteiger partial charge < -0.3 is 5.32 Å². The maximum Gasteiger partial charge on any atom is 0.258 e. The molecular formula is C18H13FN2O. The van der Waals surface area contributed by atoms with Gasteiger partial charge in [-0.25, -0.2) is 4.39 Å². The highest BCUT2D eigenvalue weighted by molar-refractivity contribution is 6.04. The Morgan fingerprint density at radius 1 is 0.909 bits per heavy atom. The number of hydrogen-bond acceptors (Lipinski definition) is 2. The van der Waals surface area contributed by atoms with E-state index >= 15 is 0 Å². The summed E-state index contributed by atoms with van der Waals surface area (Å²) in [6, 6.07) is 19.1. The molecule has 22 heavy (non-hydrogen) atoms. The number of nitrogens with one attached hydrogen (secondary N) is 1. The minimum absolute atomic E-state index is 0.00892. The first-order chi connectivity index (χ1) is 10.7. The van der Waals surface area contributed by atoms with E-state index in [1.54, 1.807) is 24.4 Å². The Bertz CT molecular complexity index is 786. The first-order valence-electron chi connectivity index (χ1n) is 6.81. The third-order valence-corrected chi connectivity index (χ3v) is 3.21. The van der Waals surface area contributed by atoms with Crippen molar-refractivity contribution < 1.29 is 9.18 Å². The third kappa shape index (κ3) is 3.01. The quantitative estimate of drug-likeness (QED) is 0.788. The van der Waals surface area contributed by atoms with Gasteiger partial charge in [-0.3, -0.25) is 9.78 Å². The Hall–Kier alpha value is -3.01. The van der Waals surface area contributed by atoms with Gasteiger partial charge in [0.25, 0.3) is 5.91 Å². The van der Waals surface area contributed by atoms with Gasteiger partial charge in [0.05, 0.1) is 23.1 Å². The first kappa shape index (κ1) is 13.9. The zero-order valence-corrected chi connectivity index (χ0v) is 11.7. The first-order valence-corrected chi connectivity index (χ1v) is 6.81. The SMILES string of the molecule is O=C(Nc1ccc(-c2ccccc2)nc1)c1ccccc1F. The fourth-order valence-corrected chi connectivity index (χ4v) is 2.09. The molecule has 3 rings (SSSR count). The van der Waals surface area contributed by atoms with E-state index in [0.717, 1.165) is 11.3 Å². The van der Waals surface area contributed by atoms with Gasteiger partial charge in [-0.05, 0) is 24.3 Å². The van der Waals surface area contributed by atoms with Crippen molar-refractivity contribution in [3.05, 3.63) is 84.3 Å². The number of halogens is 1. The average Bonchev–Trinajstić information content (AvgIpc) is 2.57. The van der Waals surface area contributed by atoms with Gasteiger partial charge in [0.1, 0.15) is 5.82 Å². The molecule has 1 heterocycles. The second-order valence-electron chi connectivity index (χ2n) is 4.73. The van der Waals surface area contributed by atoms with Crippen LogP contribution >= 0.6 is 0 Å². The smallest absolute Gasteiger partial charge is 0.258 e. The van der Waals surface area contributed by atoms with Crippen LogP contribution in [0.5, 0.6) is 0 Å². The van der Waals surface area contributed by atoms with Crippen molar-refractivity contribution in [3.8, 4) is 11.3 Å². The lowest BCUT2D eigenvalue weighted by Crippen LogP contribution is -2.13. The lowest BCUT2D eigenvalue weighted by molar-refractivity contribution is 0.102. The molecule has 2 aromatic carbocycles. The highest BCUT2D eigenvalue weighted by Gasteiger charge is 2.11. The van der Waals surface area contributed by atoms with Crippen molar-refractivity contribution in [2.24, 2.45) is 0 Å². The van der Waals surface area contributed by atoms with Gasteiger partial charge in [0, 0.05) is 5.56 Å². The maximum absolute atomic E-state index is 13.6. The van der Waals surface area contributed by atoms with Crippen LogP contribution in [0.1, 0.15) is 10.4 Å². The molecule has 1 N–H and O–H groups in total. The van der Waals surface area contributed by atoms with Gasteiger partial charge in [-0.2, -0.15) is 0 Å². The Balaban J connectivity index is 1.77. The molecule has 0 atom stereocenters. The number of anilines is 1. The number of amides is 1. The molecule has 0 bridgehead atoms. The summed E-state index contributed by atoms with van der Waals surface area (Å²) in [5, 5.41) is 2.64. The molecule has 0 aliphatic carbocycles. The summed E-state index contributed by atoms with van der Waals surface area (Å²) < 4.78 is 13.6. The van der Waals surface area contributed by atoms with Crippen LogP contribution in [0.4, 0.5) is 10.1 Å². The van der Waals surface area contributed by atoms with Crippen molar-refractivity contribution in [1.29, 1.82) is 0 Å². The number of rotatable bonds is 3. The van der Waals surface area contributed by atoms with Gasteiger partial charge in [0.15, 0.2) is 0 Å². The van der Waals surface area contributed by atoms with Crippen LogP contribution in [0.15, 0.2) is 72.9 Å². The zero-order valence-electron chi connectivity index (χ0n) is 11.7. The summed E-state index contributed by atoms with van der Waals surface area (Å²) in [5.74, 6) is -1.04. The number of carbonyl (C=O) groups excluding carboxylic acids is 1. The second kappa shape index (κ2) is 6.18. The molecule has 0 saturated carbocycles. The van der Waals surface area contributed by atoms with Crippen molar-refractivity contribution in [2.45, 2.75) is 0 Å². The molecule has 3 nitrogen and oxygen atoms in total. The van der Waals surface area contributed by atoms with Crippen LogP contribution in [0.3, 0.4) is 0 Å². The number of aromatic nitrogens is 1. The van der Waals surface area contributed by atoms with Crippen molar-refractivity contribution in [2.75, 3.05) is 5.32 Å². The summed E-state index contributed by atoms with van der Waals surface area (Å²) in [7, 11) is 0. The normalized spacial score (nSPS) is 10.2. The summed E-state index contributed by atoms with van der Waals surface area (Å²) in [6.45, 7) is 0. The standard InChI is InChI=1S/C18H13FN2O/c19-16-9-5-4-8-15(16)18(22)21-14-10-11-17(20-12-14)13-6-2-1-3-7-13/h1-12H,(H,21,22). The Kier molecular flexibility index (Phi) is 3.92. The van der Waals surface area contributed by atoms with E-state index in [1.807, 2.05) is 36.4 Å². The zero-order chi connectivity index (χ0) is 15.4. The van der Waals surface area contributed by atoms with E-state index in [4.69, 9.17) is 0 Å². The third-order valence-electron chi connectivity index (χ3n) is 3.21. The largest absolute Gasteiger partial charge is 0.320 e. The number of nitrogens with zero attached hydrogens (tertiary/aromatic N) is 1. The molecule has 0 radical (unpaired) electrons. The Morgan fingerprint density at radius 3 is 2.32 bits per heavy atom. The van der Waals surface area contributed by atoms with Crippen LogP contribution in [0, 0.1) is 5.82 Å². The monoisotopic (exact) mass is 292 g/mol. The highest BCUT2D eigenvalue weighted by Crippen LogP contribution is 2.18. The van der Waals surface area contributed by atoms with E-state index in [0.29, 0.717) is 5.69 Å². The van der Waals surface area contributed by atoms with Crippen molar-refractivity contribution in [1.82, 2.24) is 4.98 Å².